The molecule has 0 N–H and O–H groups in total. The predicted molar refractivity (Wildman–Crippen MR) is 120 cm³/mol. The van der Waals surface area contributed by atoms with Gasteiger partial charge in [-0.2, -0.15) is 0 Å². The summed E-state index contributed by atoms with van der Waals surface area (Å²) in [6.07, 6.45) is 4.02. The van der Waals surface area contributed by atoms with Crippen LogP contribution >= 0.6 is 11.3 Å². The molecule has 0 aliphatic carbocycles. The molecule has 29 heavy (non-hydrogen) atoms. The number of esters is 1. The lowest BCUT2D eigenvalue weighted by Gasteiger charge is -2.09. The van der Waals surface area contributed by atoms with Gasteiger partial charge in [-0.25, -0.2) is 4.79 Å². The topological polar surface area (TPSA) is 43.4 Å². The minimum absolute atomic E-state index is 0.0379. The summed E-state index contributed by atoms with van der Waals surface area (Å²) in [7, 11) is 1.37. The van der Waals surface area contributed by atoms with Crippen LogP contribution < -0.4 is 4.74 Å². The largest absolute Gasteiger partial charge is 0.465 e. The number of rotatable bonds is 4. The molecule has 1 aromatic heterocycles. The third-order valence-electron chi connectivity index (χ3n) is 4.67. The molecule has 0 aliphatic heterocycles. The van der Waals surface area contributed by atoms with Gasteiger partial charge in [0.05, 0.1) is 12.7 Å². The average molecular weight is 398 g/mol. The van der Waals surface area contributed by atoms with Crippen molar-refractivity contribution in [1.29, 1.82) is 0 Å². The summed E-state index contributed by atoms with van der Waals surface area (Å²) in [6, 6.07) is 24.9. The Bertz CT molecular complexity index is 1270. The molecule has 3 aromatic carbocycles. The summed E-state index contributed by atoms with van der Waals surface area (Å²) < 4.78 is 4.77. The van der Waals surface area contributed by atoms with Crippen LogP contribution in [-0.2, 0) is 4.74 Å². The van der Waals surface area contributed by atoms with Crippen LogP contribution in [0.1, 0.15) is 21.5 Å². The van der Waals surface area contributed by atoms with Crippen LogP contribution in [0.2, 0.25) is 0 Å². The van der Waals surface area contributed by atoms with Crippen molar-refractivity contribution in [2.75, 3.05) is 7.11 Å². The molecule has 4 aromatic rings. The standard InChI is InChI=1S/C25H18O3S/c1-28-25(27)19-14-11-17(12-15-19)10-13-18-6-2-4-8-21(18)24-22-9-5-3-7-20(22)16-23(26)29-24/h2-16H,1H3. The van der Waals surface area contributed by atoms with Gasteiger partial charge < -0.3 is 4.74 Å². The number of ether oxygens (including phenoxy) is 1. The predicted octanol–water partition coefficient (Wildman–Crippen LogP) is 5.89. The monoisotopic (exact) mass is 398 g/mol. The Kier molecular flexibility index (Phi) is 5.36. The third kappa shape index (κ3) is 4.03. The van der Waals surface area contributed by atoms with Gasteiger partial charge in [0.1, 0.15) is 0 Å². The summed E-state index contributed by atoms with van der Waals surface area (Å²) in [6.45, 7) is 0. The molecule has 4 rings (SSSR count). The first-order chi connectivity index (χ1) is 14.2. The number of benzene rings is 3. The Morgan fingerprint density at radius 1 is 0.897 bits per heavy atom. The van der Waals surface area contributed by atoms with Gasteiger partial charge in [0, 0.05) is 10.9 Å². The highest BCUT2D eigenvalue weighted by molar-refractivity contribution is 7.13. The van der Waals surface area contributed by atoms with Crippen molar-refractivity contribution in [1.82, 2.24) is 0 Å². The average Bonchev–Trinajstić information content (AvgIpc) is 2.77. The number of carbonyl (C=O) groups excluding carboxylic acids is 1. The number of hydrogen-bond acceptors (Lipinski definition) is 4. The molecule has 0 saturated heterocycles. The highest BCUT2D eigenvalue weighted by atomic mass is 32.1. The fourth-order valence-corrected chi connectivity index (χ4v) is 4.20. The van der Waals surface area contributed by atoms with E-state index in [2.05, 4.69) is 0 Å². The molecular weight excluding hydrogens is 380 g/mol. The second-order valence-electron chi connectivity index (χ2n) is 6.52. The molecule has 1 heterocycles. The van der Waals surface area contributed by atoms with Crippen molar-refractivity contribution in [2.24, 2.45) is 0 Å². The van der Waals surface area contributed by atoms with E-state index in [4.69, 9.17) is 4.74 Å². The SMILES string of the molecule is COC(=O)c1ccc(C=Cc2ccccc2-c2sc(=O)cc3ccccc23)cc1. The molecule has 0 radical (unpaired) electrons. The van der Waals surface area contributed by atoms with E-state index in [9.17, 15) is 9.59 Å². The van der Waals surface area contributed by atoms with Gasteiger partial charge in [-0.1, -0.05) is 84.2 Å². The summed E-state index contributed by atoms with van der Waals surface area (Å²) in [4.78, 5) is 24.8. The molecule has 0 fully saturated rings. The molecule has 0 aliphatic rings. The summed E-state index contributed by atoms with van der Waals surface area (Å²) in [5.74, 6) is -0.350. The van der Waals surface area contributed by atoms with E-state index in [0.29, 0.717) is 5.56 Å². The van der Waals surface area contributed by atoms with Crippen LogP contribution in [-0.4, -0.2) is 13.1 Å². The summed E-state index contributed by atoms with van der Waals surface area (Å²) in [5, 5.41) is 2.02. The van der Waals surface area contributed by atoms with Crippen LogP contribution in [0.5, 0.6) is 0 Å². The zero-order chi connectivity index (χ0) is 20.2. The molecule has 4 heteroatoms. The molecular formula is C25H18O3S. The van der Waals surface area contributed by atoms with Gasteiger partial charge in [0.15, 0.2) is 0 Å². The molecule has 0 saturated carbocycles. The van der Waals surface area contributed by atoms with Crippen LogP contribution in [0.4, 0.5) is 0 Å². The summed E-state index contributed by atoms with van der Waals surface area (Å²) in [5.41, 5.74) is 3.54. The fraction of sp³-hybridized carbons (Fsp3) is 0.0400. The van der Waals surface area contributed by atoms with Gasteiger partial charge >= 0.3 is 5.97 Å². The second-order valence-corrected chi connectivity index (χ2v) is 7.53. The molecule has 0 unspecified atom stereocenters. The molecule has 0 bridgehead atoms. The first-order valence-electron chi connectivity index (χ1n) is 9.14. The van der Waals surface area contributed by atoms with Gasteiger partial charge in [0.25, 0.3) is 0 Å². The van der Waals surface area contributed by atoms with E-state index in [1.807, 2.05) is 72.8 Å². The van der Waals surface area contributed by atoms with Crippen LogP contribution in [0.25, 0.3) is 33.4 Å². The lowest BCUT2D eigenvalue weighted by atomic mass is 10.0. The van der Waals surface area contributed by atoms with Gasteiger partial charge in [0.2, 0.25) is 4.74 Å². The highest BCUT2D eigenvalue weighted by Gasteiger charge is 2.09. The molecule has 142 valence electrons. The van der Waals surface area contributed by atoms with Crippen LogP contribution in [0, 0.1) is 0 Å². The Labute approximate surface area is 172 Å². The Balaban J connectivity index is 1.74. The number of methoxy groups -OCH3 is 1. The van der Waals surface area contributed by atoms with Crippen molar-refractivity contribution < 1.29 is 9.53 Å². The van der Waals surface area contributed by atoms with Gasteiger partial charge in [-0.15, -0.1) is 0 Å². The Hall–Kier alpha value is -3.50. The minimum atomic E-state index is -0.350. The Morgan fingerprint density at radius 3 is 2.41 bits per heavy atom. The van der Waals surface area contributed by atoms with Crippen molar-refractivity contribution in [3.63, 3.8) is 0 Å². The van der Waals surface area contributed by atoms with Gasteiger partial charge in [-0.3, -0.25) is 4.79 Å². The number of fused-ring (bicyclic) bond motifs is 1. The van der Waals surface area contributed by atoms with E-state index in [-0.39, 0.29) is 10.7 Å². The van der Waals surface area contributed by atoms with Crippen molar-refractivity contribution in [3.05, 3.63) is 105 Å². The van der Waals surface area contributed by atoms with Crippen molar-refractivity contribution >= 4 is 40.2 Å². The molecule has 3 nitrogen and oxygen atoms in total. The van der Waals surface area contributed by atoms with Crippen LogP contribution in [0.15, 0.2) is 83.7 Å². The van der Waals surface area contributed by atoms with E-state index in [1.54, 1.807) is 18.2 Å². The zero-order valence-corrected chi connectivity index (χ0v) is 16.6. The van der Waals surface area contributed by atoms with E-state index < -0.39 is 0 Å². The Morgan fingerprint density at radius 2 is 1.62 bits per heavy atom. The lowest BCUT2D eigenvalue weighted by Crippen LogP contribution is -2.00. The zero-order valence-electron chi connectivity index (χ0n) is 15.8. The van der Waals surface area contributed by atoms with Gasteiger partial charge in [-0.05, 0) is 39.6 Å². The smallest absolute Gasteiger partial charge is 0.337 e. The normalized spacial score (nSPS) is 11.1. The van der Waals surface area contributed by atoms with E-state index in [0.717, 1.165) is 32.3 Å². The minimum Gasteiger partial charge on any atom is -0.465 e. The van der Waals surface area contributed by atoms with Crippen molar-refractivity contribution in [2.45, 2.75) is 0 Å². The lowest BCUT2D eigenvalue weighted by molar-refractivity contribution is 0.0600. The fourth-order valence-electron chi connectivity index (χ4n) is 3.23. The van der Waals surface area contributed by atoms with Crippen LogP contribution in [0.3, 0.4) is 0 Å². The van der Waals surface area contributed by atoms with E-state index >= 15 is 0 Å². The highest BCUT2D eigenvalue weighted by Crippen LogP contribution is 2.33. The third-order valence-corrected chi connectivity index (χ3v) is 5.64. The first-order valence-corrected chi connectivity index (χ1v) is 9.96. The maximum atomic E-state index is 12.2. The van der Waals surface area contributed by atoms with E-state index in [1.165, 1.54) is 18.4 Å². The quantitative estimate of drug-likeness (QED) is 0.318. The maximum Gasteiger partial charge on any atom is 0.337 e. The number of carbonyl (C=O) groups is 1. The summed E-state index contributed by atoms with van der Waals surface area (Å²) >= 11 is 1.26. The maximum absolute atomic E-state index is 12.2. The molecule has 0 spiro atoms. The molecule has 0 atom stereocenters. The first kappa shape index (κ1) is 18.8. The second kappa shape index (κ2) is 8.25. The molecule has 0 amide bonds. The number of hydrogen-bond donors (Lipinski definition) is 0. The van der Waals surface area contributed by atoms with Crippen molar-refractivity contribution in [3.8, 4) is 10.4 Å².